The summed E-state index contributed by atoms with van der Waals surface area (Å²) in [5.41, 5.74) is 3.46. The van der Waals surface area contributed by atoms with Gasteiger partial charge in [-0.15, -0.1) is 0 Å². The van der Waals surface area contributed by atoms with Crippen LogP contribution in [0.2, 0.25) is 0 Å². The Morgan fingerprint density at radius 3 is 2.70 bits per heavy atom. The lowest BCUT2D eigenvalue weighted by atomic mass is 9.98. The highest BCUT2D eigenvalue weighted by molar-refractivity contribution is 5.95. The molecule has 0 bridgehead atoms. The van der Waals surface area contributed by atoms with Gasteiger partial charge in [-0.25, -0.2) is 0 Å². The van der Waals surface area contributed by atoms with Gasteiger partial charge in [-0.2, -0.15) is 0 Å². The highest BCUT2D eigenvalue weighted by Gasteiger charge is 2.17. The largest absolute Gasteiger partial charge is 0.486 e. The molecule has 1 N–H and O–H groups in total. The Bertz CT molecular complexity index is 765. The van der Waals surface area contributed by atoms with E-state index in [9.17, 15) is 9.59 Å². The molecule has 118 valence electrons. The molecule has 0 saturated heterocycles. The van der Waals surface area contributed by atoms with Gasteiger partial charge < -0.3 is 10.1 Å². The van der Waals surface area contributed by atoms with E-state index in [4.69, 9.17) is 4.74 Å². The molecule has 0 saturated carbocycles. The fourth-order valence-electron chi connectivity index (χ4n) is 2.62. The summed E-state index contributed by atoms with van der Waals surface area (Å²) in [6.07, 6.45) is 0.423. The number of amides is 1. The number of hydrogen-bond acceptors (Lipinski definition) is 3. The summed E-state index contributed by atoms with van der Waals surface area (Å²) in [6, 6.07) is 13.4. The number of ketones is 1. The Kier molecular flexibility index (Phi) is 4.15. The van der Waals surface area contributed by atoms with Crippen LogP contribution in [0.25, 0.3) is 11.1 Å². The second kappa shape index (κ2) is 6.24. The van der Waals surface area contributed by atoms with Gasteiger partial charge in [-0.3, -0.25) is 9.59 Å². The maximum absolute atomic E-state index is 12.1. The monoisotopic (exact) mass is 309 g/mol. The third-order valence-corrected chi connectivity index (χ3v) is 3.72. The lowest BCUT2D eigenvalue weighted by Gasteiger charge is -2.17. The highest BCUT2D eigenvalue weighted by atomic mass is 16.5. The number of fused-ring (bicyclic) bond motifs is 1. The molecule has 0 aliphatic carbocycles. The number of ether oxygens (including phenoxy) is 1. The summed E-state index contributed by atoms with van der Waals surface area (Å²) in [4.78, 5) is 23.6. The predicted molar refractivity (Wildman–Crippen MR) is 88.7 cm³/mol. The van der Waals surface area contributed by atoms with Gasteiger partial charge >= 0.3 is 0 Å². The Labute approximate surface area is 135 Å². The molecular weight excluding hydrogens is 290 g/mol. The third-order valence-electron chi connectivity index (χ3n) is 3.72. The molecule has 2 aromatic rings. The van der Waals surface area contributed by atoms with Gasteiger partial charge in [0.15, 0.2) is 5.78 Å². The van der Waals surface area contributed by atoms with E-state index in [0.29, 0.717) is 12.0 Å². The molecule has 0 atom stereocenters. The van der Waals surface area contributed by atoms with Crippen molar-refractivity contribution in [2.45, 2.75) is 26.3 Å². The van der Waals surface area contributed by atoms with Crippen LogP contribution in [0.15, 0.2) is 42.5 Å². The molecule has 0 spiro atoms. The minimum absolute atomic E-state index is 0.0818. The van der Waals surface area contributed by atoms with Crippen LogP contribution in [0.1, 0.15) is 29.8 Å². The molecule has 3 rings (SSSR count). The van der Waals surface area contributed by atoms with Crippen LogP contribution in [-0.2, 0) is 11.2 Å². The summed E-state index contributed by atoms with van der Waals surface area (Å²) in [5.74, 6) is 0.762. The molecule has 1 aliphatic heterocycles. The number of rotatable bonds is 3. The topological polar surface area (TPSA) is 55.4 Å². The number of Topliss-reactive ketones (excluding diaryl/α,β-unsaturated/α-hetero) is 1. The first kappa shape index (κ1) is 15.3. The van der Waals surface area contributed by atoms with Crippen molar-refractivity contribution in [3.05, 3.63) is 53.6 Å². The molecule has 4 nitrogen and oxygen atoms in total. The number of carbonyl (C=O) groups excluding carboxylic acids is 2. The van der Waals surface area contributed by atoms with E-state index >= 15 is 0 Å². The third kappa shape index (κ3) is 3.42. The van der Waals surface area contributed by atoms with Crippen LogP contribution >= 0.6 is 0 Å². The fraction of sp³-hybridized carbons (Fsp3) is 0.263. The van der Waals surface area contributed by atoms with E-state index in [1.54, 1.807) is 6.07 Å². The molecule has 23 heavy (non-hydrogen) atoms. The number of hydrogen-bond donors (Lipinski definition) is 1. The quantitative estimate of drug-likeness (QED) is 0.948. The highest BCUT2D eigenvalue weighted by Crippen LogP contribution is 2.30. The normalized spacial score (nSPS) is 13.4. The van der Waals surface area contributed by atoms with Gasteiger partial charge in [-0.1, -0.05) is 24.3 Å². The van der Waals surface area contributed by atoms with E-state index in [2.05, 4.69) is 5.32 Å². The van der Waals surface area contributed by atoms with Crippen LogP contribution in [0.4, 0.5) is 0 Å². The van der Waals surface area contributed by atoms with E-state index in [0.717, 1.165) is 22.4 Å². The molecule has 0 radical (unpaired) electrons. The van der Waals surface area contributed by atoms with Gasteiger partial charge in [0.1, 0.15) is 12.4 Å². The van der Waals surface area contributed by atoms with Crippen LogP contribution in [0.3, 0.4) is 0 Å². The Morgan fingerprint density at radius 1 is 1.13 bits per heavy atom. The first-order valence-electron chi connectivity index (χ1n) is 7.71. The zero-order chi connectivity index (χ0) is 16.4. The van der Waals surface area contributed by atoms with Crippen molar-refractivity contribution in [3.8, 4) is 16.9 Å². The summed E-state index contributed by atoms with van der Waals surface area (Å²) in [5, 5.41) is 2.89. The fourth-order valence-corrected chi connectivity index (χ4v) is 2.62. The second-order valence-corrected chi connectivity index (χ2v) is 6.04. The van der Waals surface area contributed by atoms with Crippen molar-refractivity contribution in [1.29, 1.82) is 0 Å². The Morgan fingerprint density at radius 2 is 1.91 bits per heavy atom. The Balaban J connectivity index is 1.90. The summed E-state index contributed by atoms with van der Waals surface area (Å²) >= 11 is 0. The summed E-state index contributed by atoms with van der Waals surface area (Å²) < 4.78 is 5.50. The van der Waals surface area contributed by atoms with E-state index in [1.807, 2.05) is 50.2 Å². The van der Waals surface area contributed by atoms with Crippen molar-refractivity contribution in [2.75, 3.05) is 6.61 Å². The average molecular weight is 309 g/mol. The van der Waals surface area contributed by atoms with Crippen LogP contribution in [0.5, 0.6) is 5.75 Å². The van der Waals surface area contributed by atoms with Crippen LogP contribution in [0, 0.1) is 0 Å². The van der Waals surface area contributed by atoms with Gasteiger partial charge in [0.2, 0.25) is 0 Å². The first-order chi connectivity index (χ1) is 11.0. The molecule has 4 heteroatoms. The van der Waals surface area contributed by atoms with Crippen molar-refractivity contribution < 1.29 is 14.3 Å². The number of nitrogens with one attached hydrogen (secondary N) is 1. The molecule has 2 aromatic carbocycles. The predicted octanol–water partition coefficient (Wildman–Crippen LogP) is 3.00. The maximum Gasteiger partial charge on any atom is 0.251 e. The van der Waals surface area contributed by atoms with E-state index in [1.165, 1.54) is 0 Å². The van der Waals surface area contributed by atoms with Crippen molar-refractivity contribution in [1.82, 2.24) is 5.32 Å². The standard InChI is InChI=1S/C19H19NO3/c1-12(2)20-19(22)16-5-3-4-13(8-16)14-6-7-15-9-17(21)11-23-18(15)10-14/h3-8,10,12H,9,11H2,1-2H3,(H,20,22). The van der Waals surface area contributed by atoms with Crippen LogP contribution in [-0.4, -0.2) is 24.3 Å². The molecule has 0 unspecified atom stereocenters. The van der Waals surface area contributed by atoms with Gasteiger partial charge in [0.25, 0.3) is 5.91 Å². The lowest BCUT2D eigenvalue weighted by Crippen LogP contribution is -2.30. The van der Waals surface area contributed by atoms with Crippen molar-refractivity contribution in [3.63, 3.8) is 0 Å². The zero-order valence-corrected chi connectivity index (χ0v) is 13.3. The molecule has 1 aliphatic rings. The van der Waals surface area contributed by atoms with Crippen LogP contribution < -0.4 is 10.1 Å². The maximum atomic E-state index is 12.1. The van der Waals surface area contributed by atoms with E-state index < -0.39 is 0 Å². The average Bonchev–Trinajstić information content (AvgIpc) is 2.54. The lowest BCUT2D eigenvalue weighted by molar-refractivity contribution is -0.121. The van der Waals surface area contributed by atoms with E-state index in [-0.39, 0.29) is 24.3 Å². The summed E-state index contributed by atoms with van der Waals surface area (Å²) in [6.45, 7) is 4.00. The molecule has 0 fully saturated rings. The molecule has 1 heterocycles. The smallest absolute Gasteiger partial charge is 0.251 e. The minimum atomic E-state index is -0.0818. The molecular formula is C19H19NO3. The minimum Gasteiger partial charge on any atom is -0.486 e. The van der Waals surface area contributed by atoms with Gasteiger partial charge in [0, 0.05) is 23.6 Å². The molecule has 0 aromatic heterocycles. The van der Waals surface area contributed by atoms with Gasteiger partial charge in [0.05, 0.1) is 0 Å². The SMILES string of the molecule is CC(C)NC(=O)c1cccc(-c2ccc3c(c2)OCC(=O)C3)c1. The number of carbonyl (C=O) groups is 2. The van der Waals surface area contributed by atoms with Crippen molar-refractivity contribution >= 4 is 11.7 Å². The van der Waals surface area contributed by atoms with Crippen molar-refractivity contribution in [2.24, 2.45) is 0 Å². The van der Waals surface area contributed by atoms with Gasteiger partial charge in [-0.05, 0) is 43.2 Å². The number of benzene rings is 2. The first-order valence-corrected chi connectivity index (χ1v) is 7.71. The second-order valence-electron chi connectivity index (χ2n) is 6.04. The Hall–Kier alpha value is -2.62. The summed E-state index contributed by atoms with van der Waals surface area (Å²) in [7, 11) is 0. The molecule has 1 amide bonds. The zero-order valence-electron chi connectivity index (χ0n) is 13.3.